The van der Waals surface area contributed by atoms with Crippen LogP contribution in [0.1, 0.15) is 24.9 Å². The van der Waals surface area contributed by atoms with E-state index in [4.69, 9.17) is 11.6 Å². The van der Waals surface area contributed by atoms with Gasteiger partial charge in [0.25, 0.3) is 0 Å². The third-order valence-electron chi connectivity index (χ3n) is 5.27. The van der Waals surface area contributed by atoms with Crippen LogP contribution in [0.2, 0.25) is 5.02 Å². The fourth-order valence-corrected chi connectivity index (χ4v) is 3.84. The van der Waals surface area contributed by atoms with Crippen LogP contribution in [0.15, 0.2) is 59.8 Å². The molecule has 0 saturated carbocycles. The number of amides is 4. The second-order valence-electron chi connectivity index (χ2n) is 7.64. The van der Waals surface area contributed by atoms with Crippen LogP contribution in [0.3, 0.4) is 0 Å². The van der Waals surface area contributed by atoms with Gasteiger partial charge in [0, 0.05) is 36.5 Å². The zero-order valence-electron chi connectivity index (χ0n) is 18.1. The quantitative estimate of drug-likeness (QED) is 0.551. The van der Waals surface area contributed by atoms with Crippen molar-refractivity contribution in [1.29, 1.82) is 0 Å². The maximum absolute atomic E-state index is 13.0. The lowest BCUT2D eigenvalue weighted by Crippen LogP contribution is -2.49. The average molecular weight is 475 g/mol. The molecule has 1 aliphatic heterocycles. The highest BCUT2D eigenvalue weighted by atomic mass is 35.5. The minimum absolute atomic E-state index is 0.0549. The van der Waals surface area contributed by atoms with E-state index in [1.54, 1.807) is 38.2 Å². The van der Waals surface area contributed by atoms with Gasteiger partial charge in [-0.3, -0.25) is 0 Å². The summed E-state index contributed by atoms with van der Waals surface area (Å²) in [6.45, 7) is 2.04. The van der Waals surface area contributed by atoms with E-state index in [0.29, 0.717) is 29.2 Å². The lowest BCUT2D eigenvalue weighted by Gasteiger charge is -2.37. The normalized spacial score (nSPS) is 15.8. The first-order chi connectivity index (χ1) is 15.7. The summed E-state index contributed by atoms with van der Waals surface area (Å²) in [6.07, 6.45) is 0.393. The van der Waals surface area contributed by atoms with Gasteiger partial charge in [0.2, 0.25) is 0 Å². The van der Waals surface area contributed by atoms with Crippen molar-refractivity contribution in [3.8, 4) is 0 Å². The minimum atomic E-state index is -1.14. The predicted octanol–water partition coefficient (Wildman–Crippen LogP) is 4.46. The molecule has 1 heterocycles. The Morgan fingerprint density at radius 3 is 2.58 bits per heavy atom. The van der Waals surface area contributed by atoms with E-state index in [9.17, 15) is 23.9 Å². The maximum Gasteiger partial charge on any atom is 0.335 e. The second-order valence-corrected chi connectivity index (χ2v) is 8.07. The third-order valence-corrected chi connectivity index (χ3v) is 5.51. The van der Waals surface area contributed by atoms with E-state index >= 15 is 0 Å². The van der Waals surface area contributed by atoms with Crippen molar-refractivity contribution in [2.24, 2.45) is 0 Å². The molecule has 1 unspecified atom stereocenters. The first kappa shape index (κ1) is 24.1. The van der Waals surface area contributed by atoms with Crippen molar-refractivity contribution in [3.05, 3.63) is 76.2 Å². The Bertz CT molecular complexity index is 1090. The van der Waals surface area contributed by atoms with Gasteiger partial charge in [-0.1, -0.05) is 23.7 Å². The molecule has 0 bridgehead atoms. The van der Waals surface area contributed by atoms with Gasteiger partial charge in [-0.2, -0.15) is 0 Å². The number of anilines is 1. The number of carbonyl (C=O) groups is 3. The van der Waals surface area contributed by atoms with Crippen molar-refractivity contribution < 1.29 is 23.9 Å². The molecular weight excluding hydrogens is 451 g/mol. The van der Waals surface area contributed by atoms with Gasteiger partial charge < -0.3 is 25.5 Å². The highest BCUT2D eigenvalue weighted by Crippen LogP contribution is 2.34. The average Bonchev–Trinajstić information content (AvgIpc) is 2.75. The number of nitrogens with one attached hydrogen (secondary N) is 2. The number of carbonyl (C=O) groups excluding carboxylic acids is 2. The number of allylic oxidation sites excluding steroid dienone is 1. The number of urea groups is 2. The number of halogens is 2. The van der Waals surface area contributed by atoms with E-state index < -0.39 is 29.9 Å². The molecule has 3 N–H and O–H groups in total. The number of rotatable bonds is 7. The zero-order chi connectivity index (χ0) is 24.1. The van der Waals surface area contributed by atoms with Crippen molar-refractivity contribution in [3.63, 3.8) is 0 Å². The highest BCUT2D eigenvalue weighted by Gasteiger charge is 2.37. The molecule has 1 atom stereocenters. The Morgan fingerprint density at radius 1 is 1.24 bits per heavy atom. The molecule has 2 aromatic carbocycles. The smallest absolute Gasteiger partial charge is 0.335 e. The Kier molecular flexibility index (Phi) is 7.55. The van der Waals surface area contributed by atoms with Crippen LogP contribution in [0.4, 0.5) is 19.7 Å². The number of nitrogens with zero attached hydrogens (tertiary/aromatic N) is 2. The molecule has 0 spiro atoms. The summed E-state index contributed by atoms with van der Waals surface area (Å²) >= 11 is 6.11. The van der Waals surface area contributed by atoms with Gasteiger partial charge in [0.1, 0.15) is 5.82 Å². The zero-order valence-corrected chi connectivity index (χ0v) is 18.9. The number of hydrogen-bond donors (Lipinski definition) is 3. The fourth-order valence-electron chi connectivity index (χ4n) is 3.64. The van der Waals surface area contributed by atoms with E-state index in [1.807, 2.05) is 0 Å². The number of carboxylic acid groups (broad SMARTS) is 1. The predicted molar refractivity (Wildman–Crippen MR) is 122 cm³/mol. The van der Waals surface area contributed by atoms with Crippen LogP contribution < -0.4 is 10.6 Å². The summed E-state index contributed by atoms with van der Waals surface area (Å²) in [4.78, 5) is 40.0. The maximum atomic E-state index is 13.0. The Labute approximate surface area is 195 Å². The van der Waals surface area contributed by atoms with Crippen LogP contribution >= 0.6 is 11.6 Å². The van der Waals surface area contributed by atoms with E-state index in [1.165, 1.54) is 34.1 Å². The highest BCUT2D eigenvalue weighted by molar-refractivity contribution is 6.30. The summed E-state index contributed by atoms with van der Waals surface area (Å²) in [7, 11) is 1.59. The molecule has 8 nitrogen and oxygen atoms in total. The van der Waals surface area contributed by atoms with Crippen LogP contribution in [-0.2, 0) is 4.79 Å². The standard InChI is InChI=1S/C23H24ClFN4O4/c1-14-19(21(30)31)20(15-5-3-6-16(24)13-15)29(23(33)26-14)12-4-11-28(2)22(32)27-18-9-7-17(25)8-10-18/h3,5-10,13,20H,4,11-12H2,1-2H3,(H,26,33)(H,27,32)(H,30,31). The molecule has 0 aromatic heterocycles. The minimum Gasteiger partial charge on any atom is -0.478 e. The summed E-state index contributed by atoms with van der Waals surface area (Å²) in [5.41, 5.74) is 1.36. The van der Waals surface area contributed by atoms with Crippen molar-refractivity contribution in [1.82, 2.24) is 15.1 Å². The molecule has 0 fully saturated rings. The number of benzene rings is 2. The van der Waals surface area contributed by atoms with E-state index in [-0.39, 0.29) is 17.8 Å². The van der Waals surface area contributed by atoms with E-state index in [0.717, 1.165) is 0 Å². The summed E-state index contributed by atoms with van der Waals surface area (Å²) in [5, 5.41) is 15.5. The lowest BCUT2D eigenvalue weighted by molar-refractivity contribution is -0.133. The molecule has 0 aliphatic carbocycles. The topological polar surface area (TPSA) is 102 Å². The number of aliphatic carboxylic acids is 1. The van der Waals surface area contributed by atoms with Gasteiger partial charge >= 0.3 is 18.0 Å². The SMILES string of the molecule is CC1=C(C(=O)O)C(c2cccc(Cl)c2)N(CCCN(C)C(=O)Nc2ccc(F)cc2)C(=O)N1. The van der Waals surface area contributed by atoms with Crippen molar-refractivity contribution in [2.45, 2.75) is 19.4 Å². The fraction of sp³-hybridized carbons (Fsp3) is 0.261. The van der Waals surface area contributed by atoms with Gasteiger partial charge in [0.05, 0.1) is 11.6 Å². The van der Waals surface area contributed by atoms with Gasteiger partial charge in [-0.05, 0) is 55.3 Å². The summed E-state index contributed by atoms with van der Waals surface area (Å²) in [6, 6.07) is 10.5. The molecular formula is C23H24ClFN4O4. The van der Waals surface area contributed by atoms with Gasteiger partial charge in [0.15, 0.2) is 0 Å². The molecule has 10 heteroatoms. The summed E-state index contributed by atoms with van der Waals surface area (Å²) < 4.78 is 13.0. The van der Waals surface area contributed by atoms with Crippen LogP contribution in [0.5, 0.6) is 0 Å². The molecule has 174 valence electrons. The Hall–Kier alpha value is -3.59. The first-order valence-electron chi connectivity index (χ1n) is 10.2. The molecule has 33 heavy (non-hydrogen) atoms. The second kappa shape index (κ2) is 10.4. The third kappa shape index (κ3) is 5.81. The Balaban J connectivity index is 1.71. The molecule has 4 amide bonds. The molecule has 1 aliphatic rings. The van der Waals surface area contributed by atoms with Crippen molar-refractivity contribution in [2.75, 3.05) is 25.5 Å². The first-order valence-corrected chi connectivity index (χ1v) is 10.6. The largest absolute Gasteiger partial charge is 0.478 e. The molecule has 2 aromatic rings. The van der Waals surface area contributed by atoms with Gasteiger partial charge in [-0.15, -0.1) is 0 Å². The molecule has 3 rings (SSSR count). The molecule has 0 radical (unpaired) electrons. The lowest BCUT2D eigenvalue weighted by atomic mass is 9.93. The number of hydrogen-bond acceptors (Lipinski definition) is 3. The monoisotopic (exact) mass is 474 g/mol. The van der Waals surface area contributed by atoms with Crippen molar-refractivity contribution >= 4 is 35.3 Å². The van der Waals surface area contributed by atoms with Crippen LogP contribution in [-0.4, -0.2) is 53.1 Å². The summed E-state index contributed by atoms with van der Waals surface area (Å²) in [5.74, 6) is -1.54. The van der Waals surface area contributed by atoms with E-state index in [2.05, 4.69) is 10.6 Å². The molecule has 0 saturated heterocycles. The van der Waals surface area contributed by atoms with Crippen LogP contribution in [0.25, 0.3) is 0 Å². The van der Waals surface area contributed by atoms with Gasteiger partial charge in [-0.25, -0.2) is 18.8 Å². The Morgan fingerprint density at radius 2 is 1.94 bits per heavy atom. The number of carboxylic acids is 1. The van der Waals surface area contributed by atoms with Crippen LogP contribution in [0, 0.1) is 5.82 Å².